The number of halogens is 2. The molecule has 2 rings (SSSR count). The number of hydrogen-bond acceptors (Lipinski definition) is 3. The Kier molecular flexibility index (Phi) is 6.04. The molecule has 1 aromatic carbocycles. The number of likely N-dealkylation sites (tertiary alicyclic amines) is 1. The maximum absolute atomic E-state index is 12.2. The van der Waals surface area contributed by atoms with E-state index in [0.29, 0.717) is 13.1 Å². The second-order valence-corrected chi connectivity index (χ2v) is 5.75. The van der Waals surface area contributed by atoms with Crippen LogP contribution >= 0.6 is 0 Å². The molecule has 7 heteroatoms. The zero-order valence-electron chi connectivity index (χ0n) is 12.7. The van der Waals surface area contributed by atoms with E-state index in [-0.39, 0.29) is 18.0 Å². The monoisotopic (exact) mass is 326 g/mol. The lowest BCUT2D eigenvalue weighted by Crippen LogP contribution is -2.42. The molecule has 1 atom stereocenters. The van der Waals surface area contributed by atoms with Crippen molar-refractivity contribution in [2.75, 3.05) is 19.6 Å². The third-order valence-electron chi connectivity index (χ3n) is 4.01. The van der Waals surface area contributed by atoms with E-state index >= 15 is 0 Å². The second-order valence-electron chi connectivity index (χ2n) is 5.75. The summed E-state index contributed by atoms with van der Waals surface area (Å²) in [7, 11) is 0. The van der Waals surface area contributed by atoms with Crippen LogP contribution in [0.4, 0.5) is 8.78 Å². The number of hydrogen-bond donors (Lipinski definition) is 2. The molecule has 0 unspecified atom stereocenters. The lowest BCUT2D eigenvalue weighted by atomic mass is 9.97. The van der Waals surface area contributed by atoms with Crippen LogP contribution in [0.5, 0.6) is 0 Å². The lowest BCUT2D eigenvalue weighted by molar-refractivity contribution is -0.132. The van der Waals surface area contributed by atoms with E-state index in [1.54, 1.807) is 24.3 Å². The first-order valence-electron chi connectivity index (χ1n) is 7.56. The molecule has 126 valence electrons. The molecule has 1 aliphatic rings. The summed E-state index contributed by atoms with van der Waals surface area (Å²) in [6.07, 6.45) is -1.23. The summed E-state index contributed by atoms with van der Waals surface area (Å²) in [5.74, 6) is -2.10. The number of carbonyl (C=O) groups is 2. The molecule has 1 saturated heterocycles. The number of carboxylic acid groups (broad SMARTS) is 1. The van der Waals surface area contributed by atoms with Gasteiger partial charge in [0.1, 0.15) is 0 Å². The van der Waals surface area contributed by atoms with Crippen LogP contribution in [0.2, 0.25) is 0 Å². The fourth-order valence-corrected chi connectivity index (χ4v) is 2.89. The predicted octanol–water partition coefficient (Wildman–Crippen LogP) is 1.98. The Labute approximate surface area is 133 Å². The Morgan fingerprint density at radius 1 is 1.35 bits per heavy atom. The highest BCUT2D eigenvalue weighted by Crippen LogP contribution is 2.20. The molecule has 23 heavy (non-hydrogen) atoms. The quantitative estimate of drug-likeness (QED) is 0.839. The third-order valence-corrected chi connectivity index (χ3v) is 4.01. The smallest absolute Gasteiger partial charge is 0.336 e. The van der Waals surface area contributed by atoms with Crippen LogP contribution in [0.1, 0.15) is 28.8 Å². The summed E-state index contributed by atoms with van der Waals surface area (Å²) in [4.78, 5) is 24.3. The predicted molar refractivity (Wildman–Crippen MR) is 80.4 cm³/mol. The minimum Gasteiger partial charge on any atom is -0.478 e. The maximum atomic E-state index is 12.2. The highest BCUT2D eigenvalue weighted by Gasteiger charge is 2.23. The number of amides is 1. The van der Waals surface area contributed by atoms with Gasteiger partial charge < -0.3 is 10.4 Å². The number of rotatable bonds is 6. The third kappa shape index (κ3) is 4.99. The fraction of sp³-hybridized carbons (Fsp3) is 0.500. The molecule has 1 heterocycles. The Balaban J connectivity index is 1.92. The van der Waals surface area contributed by atoms with Crippen molar-refractivity contribution in [2.24, 2.45) is 5.92 Å². The SMILES string of the molecule is O=C(O)c1ccccc1CN1CCC[C@H](CNC(=O)C(F)F)C1. The summed E-state index contributed by atoms with van der Waals surface area (Å²) in [6.45, 7) is 2.20. The largest absolute Gasteiger partial charge is 0.478 e. The number of aromatic carboxylic acids is 1. The van der Waals surface area contributed by atoms with Crippen LogP contribution < -0.4 is 5.32 Å². The number of alkyl halides is 2. The standard InChI is InChI=1S/C16H20F2N2O3/c17-14(18)15(21)19-8-11-4-3-7-20(9-11)10-12-5-1-2-6-13(12)16(22)23/h1-2,5-6,11,14H,3-4,7-10H2,(H,19,21)(H,22,23)/t11-/m1/s1. The maximum Gasteiger partial charge on any atom is 0.336 e. The first-order valence-corrected chi connectivity index (χ1v) is 7.56. The van der Waals surface area contributed by atoms with Gasteiger partial charge in [-0.05, 0) is 36.9 Å². The molecule has 5 nitrogen and oxygen atoms in total. The highest BCUT2D eigenvalue weighted by atomic mass is 19.3. The van der Waals surface area contributed by atoms with E-state index in [1.165, 1.54) is 0 Å². The first kappa shape index (κ1) is 17.3. The summed E-state index contributed by atoms with van der Waals surface area (Å²) < 4.78 is 24.4. The van der Waals surface area contributed by atoms with Gasteiger partial charge in [0.25, 0.3) is 5.91 Å². The van der Waals surface area contributed by atoms with Crippen molar-refractivity contribution >= 4 is 11.9 Å². The summed E-state index contributed by atoms with van der Waals surface area (Å²) >= 11 is 0. The van der Waals surface area contributed by atoms with Crippen molar-refractivity contribution in [3.63, 3.8) is 0 Å². The van der Waals surface area contributed by atoms with Crippen LogP contribution in [-0.2, 0) is 11.3 Å². The Morgan fingerprint density at radius 2 is 2.09 bits per heavy atom. The molecule has 0 radical (unpaired) electrons. The molecular formula is C16H20F2N2O3. The highest BCUT2D eigenvalue weighted by molar-refractivity contribution is 5.89. The zero-order chi connectivity index (χ0) is 16.8. The van der Waals surface area contributed by atoms with Gasteiger partial charge in [-0.2, -0.15) is 8.78 Å². The van der Waals surface area contributed by atoms with E-state index in [1.807, 2.05) is 0 Å². The summed E-state index contributed by atoms with van der Waals surface area (Å²) in [6, 6.07) is 6.84. The molecular weight excluding hydrogens is 306 g/mol. The molecule has 0 aliphatic carbocycles. The molecule has 0 bridgehead atoms. The fourth-order valence-electron chi connectivity index (χ4n) is 2.89. The average molecular weight is 326 g/mol. The minimum absolute atomic E-state index is 0.100. The van der Waals surface area contributed by atoms with Gasteiger partial charge in [-0.15, -0.1) is 0 Å². The van der Waals surface area contributed by atoms with Crippen molar-refractivity contribution in [3.05, 3.63) is 35.4 Å². The Morgan fingerprint density at radius 3 is 2.78 bits per heavy atom. The summed E-state index contributed by atoms with van der Waals surface area (Å²) in [5, 5.41) is 11.5. The molecule has 0 spiro atoms. The van der Waals surface area contributed by atoms with Gasteiger partial charge >= 0.3 is 12.4 Å². The molecule has 2 N–H and O–H groups in total. The number of nitrogens with one attached hydrogen (secondary N) is 1. The van der Waals surface area contributed by atoms with Gasteiger partial charge in [0.05, 0.1) is 5.56 Å². The number of carbonyl (C=O) groups excluding carboxylic acids is 1. The summed E-state index contributed by atoms with van der Waals surface area (Å²) in [5.41, 5.74) is 1.01. The Bertz CT molecular complexity index is 566. The first-order chi connectivity index (χ1) is 11.0. The minimum atomic E-state index is -2.99. The van der Waals surface area contributed by atoms with Crippen LogP contribution in [0.15, 0.2) is 24.3 Å². The molecule has 0 aromatic heterocycles. The Hall–Kier alpha value is -2.02. The van der Waals surface area contributed by atoms with Gasteiger partial charge in [-0.25, -0.2) is 4.79 Å². The van der Waals surface area contributed by atoms with Gasteiger partial charge in [0, 0.05) is 19.6 Å². The van der Waals surface area contributed by atoms with Crippen LogP contribution in [0, 0.1) is 5.92 Å². The van der Waals surface area contributed by atoms with E-state index in [9.17, 15) is 23.5 Å². The van der Waals surface area contributed by atoms with Gasteiger partial charge in [0.15, 0.2) is 0 Å². The van der Waals surface area contributed by atoms with E-state index in [0.717, 1.165) is 24.9 Å². The van der Waals surface area contributed by atoms with Crippen LogP contribution in [0.3, 0.4) is 0 Å². The number of nitrogens with zero attached hydrogens (tertiary/aromatic N) is 1. The van der Waals surface area contributed by atoms with Crippen LogP contribution in [0.25, 0.3) is 0 Å². The average Bonchev–Trinajstić information content (AvgIpc) is 2.53. The van der Waals surface area contributed by atoms with Crippen LogP contribution in [-0.4, -0.2) is 47.9 Å². The van der Waals surface area contributed by atoms with Crippen molar-refractivity contribution in [1.82, 2.24) is 10.2 Å². The molecule has 1 fully saturated rings. The van der Waals surface area contributed by atoms with Gasteiger partial charge in [0.2, 0.25) is 0 Å². The van der Waals surface area contributed by atoms with E-state index in [4.69, 9.17) is 0 Å². The number of benzene rings is 1. The topological polar surface area (TPSA) is 69.6 Å². The molecule has 1 aromatic rings. The number of carboxylic acids is 1. The van der Waals surface area contributed by atoms with E-state index < -0.39 is 18.3 Å². The van der Waals surface area contributed by atoms with Crippen molar-refractivity contribution < 1.29 is 23.5 Å². The molecule has 0 saturated carbocycles. The normalized spacial score (nSPS) is 18.8. The molecule has 1 aliphatic heterocycles. The molecule has 1 amide bonds. The lowest BCUT2D eigenvalue weighted by Gasteiger charge is -2.33. The van der Waals surface area contributed by atoms with Crippen molar-refractivity contribution in [3.8, 4) is 0 Å². The van der Waals surface area contributed by atoms with Gasteiger partial charge in [-0.3, -0.25) is 9.69 Å². The van der Waals surface area contributed by atoms with Gasteiger partial charge in [-0.1, -0.05) is 18.2 Å². The second kappa shape index (κ2) is 8.01. The zero-order valence-corrected chi connectivity index (χ0v) is 12.7. The van der Waals surface area contributed by atoms with Crippen molar-refractivity contribution in [1.29, 1.82) is 0 Å². The van der Waals surface area contributed by atoms with Crippen molar-refractivity contribution in [2.45, 2.75) is 25.8 Å². The number of piperidine rings is 1. The van der Waals surface area contributed by atoms with E-state index in [2.05, 4.69) is 10.2 Å².